The molecule has 0 aliphatic rings. The third-order valence-corrected chi connectivity index (χ3v) is 4.21. The quantitative estimate of drug-likeness (QED) is 0.871. The number of benzene rings is 1. The molecule has 3 heteroatoms. The molecule has 1 N–H and O–H groups in total. The van der Waals surface area contributed by atoms with Gasteiger partial charge in [0.05, 0.1) is 6.04 Å². The van der Waals surface area contributed by atoms with Crippen molar-refractivity contribution in [2.75, 3.05) is 6.54 Å². The van der Waals surface area contributed by atoms with Crippen molar-refractivity contribution in [1.29, 1.82) is 0 Å². The second-order valence-electron chi connectivity index (χ2n) is 4.46. The summed E-state index contributed by atoms with van der Waals surface area (Å²) in [6, 6.07) is 7.20. The van der Waals surface area contributed by atoms with Crippen molar-refractivity contribution in [1.82, 2.24) is 5.32 Å². The molecule has 2 aromatic rings. The van der Waals surface area contributed by atoms with Gasteiger partial charge in [0.1, 0.15) is 5.82 Å². The minimum atomic E-state index is -0.173. The van der Waals surface area contributed by atoms with Crippen LogP contribution in [0.15, 0.2) is 29.6 Å². The van der Waals surface area contributed by atoms with Gasteiger partial charge in [0.25, 0.3) is 0 Å². The lowest BCUT2D eigenvalue weighted by Gasteiger charge is -2.20. The molecule has 1 atom stereocenters. The van der Waals surface area contributed by atoms with Gasteiger partial charge in [-0.05, 0) is 60.7 Å². The molecule has 0 aliphatic carbocycles. The Labute approximate surface area is 112 Å². The first kappa shape index (κ1) is 13.2. The lowest BCUT2D eigenvalue weighted by molar-refractivity contribution is 0.603. The van der Waals surface area contributed by atoms with Crippen molar-refractivity contribution in [3.63, 3.8) is 0 Å². The molecule has 2 rings (SSSR count). The Morgan fingerprint density at radius 2 is 2.00 bits per heavy atom. The molecule has 0 saturated carbocycles. The summed E-state index contributed by atoms with van der Waals surface area (Å²) in [7, 11) is 0. The van der Waals surface area contributed by atoms with E-state index in [1.165, 1.54) is 16.5 Å². The summed E-state index contributed by atoms with van der Waals surface area (Å²) in [5.74, 6) is -0.173. The predicted octanol–water partition coefficient (Wildman–Crippen LogP) is 4.20. The summed E-state index contributed by atoms with van der Waals surface area (Å²) in [5, 5.41) is 5.54. The molecule has 0 bridgehead atoms. The number of halogens is 1. The Morgan fingerprint density at radius 1 is 1.22 bits per heavy atom. The number of hydrogen-bond acceptors (Lipinski definition) is 2. The van der Waals surface area contributed by atoms with E-state index in [0.717, 1.165) is 17.7 Å². The van der Waals surface area contributed by atoms with Crippen LogP contribution in [0.25, 0.3) is 0 Å². The fraction of sp³-hybridized carbons (Fsp3) is 0.333. The van der Waals surface area contributed by atoms with Gasteiger partial charge in [-0.15, -0.1) is 11.3 Å². The molecule has 1 unspecified atom stereocenters. The zero-order valence-electron chi connectivity index (χ0n) is 11.0. The Morgan fingerprint density at radius 3 is 2.61 bits per heavy atom. The first-order valence-electron chi connectivity index (χ1n) is 6.17. The molecular weight excluding hydrogens is 245 g/mol. The van der Waals surface area contributed by atoms with E-state index in [2.05, 4.69) is 30.6 Å². The highest BCUT2D eigenvalue weighted by molar-refractivity contribution is 7.10. The molecule has 0 amide bonds. The largest absolute Gasteiger partial charge is 0.306 e. The van der Waals surface area contributed by atoms with E-state index in [0.29, 0.717) is 0 Å². The van der Waals surface area contributed by atoms with E-state index in [1.54, 1.807) is 17.4 Å². The Hall–Kier alpha value is -1.19. The highest BCUT2D eigenvalue weighted by atomic mass is 32.1. The molecule has 18 heavy (non-hydrogen) atoms. The van der Waals surface area contributed by atoms with Gasteiger partial charge in [-0.2, -0.15) is 0 Å². The smallest absolute Gasteiger partial charge is 0.123 e. The summed E-state index contributed by atoms with van der Waals surface area (Å²) >= 11 is 1.72. The van der Waals surface area contributed by atoms with Crippen LogP contribution in [-0.2, 0) is 0 Å². The van der Waals surface area contributed by atoms with Crippen LogP contribution in [0.2, 0.25) is 0 Å². The van der Waals surface area contributed by atoms with Gasteiger partial charge in [-0.3, -0.25) is 0 Å². The van der Waals surface area contributed by atoms with Crippen molar-refractivity contribution in [3.05, 3.63) is 57.0 Å². The van der Waals surface area contributed by atoms with Crippen LogP contribution in [0.5, 0.6) is 0 Å². The topological polar surface area (TPSA) is 12.0 Å². The maximum atomic E-state index is 13.5. The SMILES string of the molecule is CCNC(c1cc(F)ccc1C)c1sccc1C. The molecule has 1 nitrogen and oxygen atoms in total. The van der Waals surface area contributed by atoms with Gasteiger partial charge in [0.2, 0.25) is 0 Å². The molecule has 0 spiro atoms. The van der Waals surface area contributed by atoms with Crippen LogP contribution in [-0.4, -0.2) is 6.54 Å². The normalized spacial score (nSPS) is 12.7. The van der Waals surface area contributed by atoms with E-state index in [1.807, 2.05) is 13.0 Å². The fourth-order valence-electron chi connectivity index (χ4n) is 2.15. The first-order chi connectivity index (χ1) is 8.63. The highest BCUT2D eigenvalue weighted by Gasteiger charge is 2.18. The minimum Gasteiger partial charge on any atom is -0.306 e. The lowest BCUT2D eigenvalue weighted by atomic mass is 9.98. The van der Waals surface area contributed by atoms with E-state index in [-0.39, 0.29) is 11.9 Å². The number of hydrogen-bond donors (Lipinski definition) is 1. The van der Waals surface area contributed by atoms with Gasteiger partial charge in [-0.1, -0.05) is 13.0 Å². The van der Waals surface area contributed by atoms with Crippen LogP contribution in [0.4, 0.5) is 4.39 Å². The van der Waals surface area contributed by atoms with Crippen LogP contribution in [0.1, 0.15) is 34.5 Å². The van der Waals surface area contributed by atoms with Crippen molar-refractivity contribution < 1.29 is 4.39 Å². The van der Waals surface area contributed by atoms with E-state index in [4.69, 9.17) is 0 Å². The predicted molar refractivity (Wildman–Crippen MR) is 75.7 cm³/mol. The van der Waals surface area contributed by atoms with Gasteiger partial charge in [-0.25, -0.2) is 4.39 Å². The summed E-state index contributed by atoms with van der Waals surface area (Å²) in [6.07, 6.45) is 0. The van der Waals surface area contributed by atoms with Crippen molar-refractivity contribution >= 4 is 11.3 Å². The Balaban J connectivity index is 2.48. The maximum absolute atomic E-state index is 13.5. The summed E-state index contributed by atoms with van der Waals surface area (Å²) in [6.45, 7) is 7.06. The summed E-state index contributed by atoms with van der Waals surface area (Å²) in [4.78, 5) is 1.27. The van der Waals surface area contributed by atoms with E-state index >= 15 is 0 Å². The van der Waals surface area contributed by atoms with Gasteiger partial charge in [0, 0.05) is 4.88 Å². The molecule has 0 saturated heterocycles. The third-order valence-electron chi connectivity index (χ3n) is 3.12. The zero-order valence-corrected chi connectivity index (χ0v) is 11.8. The molecule has 0 fully saturated rings. The number of thiophene rings is 1. The van der Waals surface area contributed by atoms with E-state index in [9.17, 15) is 4.39 Å². The van der Waals surface area contributed by atoms with Crippen LogP contribution in [0, 0.1) is 19.7 Å². The monoisotopic (exact) mass is 263 g/mol. The standard InChI is InChI=1S/C15H18FNS/c1-4-17-14(15-11(3)7-8-18-15)13-9-12(16)6-5-10(13)2/h5-9,14,17H,4H2,1-3H3. The molecule has 96 valence electrons. The van der Waals surface area contributed by atoms with Crippen molar-refractivity contribution in [2.24, 2.45) is 0 Å². The average molecular weight is 263 g/mol. The number of aryl methyl sites for hydroxylation is 2. The van der Waals surface area contributed by atoms with Crippen LogP contribution >= 0.6 is 11.3 Å². The maximum Gasteiger partial charge on any atom is 0.123 e. The lowest BCUT2D eigenvalue weighted by Crippen LogP contribution is -2.22. The molecule has 1 aromatic carbocycles. The molecule has 1 heterocycles. The van der Waals surface area contributed by atoms with Crippen LogP contribution < -0.4 is 5.32 Å². The molecule has 0 radical (unpaired) electrons. The second-order valence-corrected chi connectivity index (χ2v) is 5.41. The number of nitrogens with one attached hydrogen (secondary N) is 1. The average Bonchev–Trinajstić information content (AvgIpc) is 2.76. The first-order valence-corrected chi connectivity index (χ1v) is 7.05. The molecule has 0 aliphatic heterocycles. The molecular formula is C15H18FNS. The Kier molecular flexibility index (Phi) is 4.15. The summed E-state index contributed by atoms with van der Waals surface area (Å²) in [5.41, 5.74) is 3.41. The minimum absolute atomic E-state index is 0.0886. The zero-order chi connectivity index (χ0) is 13.1. The summed E-state index contributed by atoms with van der Waals surface area (Å²) < 4.78 is 13.5. The second kappa shape index (κ2) is 5.63. The van der Waals surface area contributed by atoms with Crippen LogP contribution in [0.3, 0.4) is 0 Å². The van der Waals surface area contributed by atoms with Gasteiger partial charge < -0.3 is 5.32 Å². The molecule has 1 aromatic heterocycles. The van der Waals surface area contributed by atoms with Crippen molar-refractivity contribution in [2.45, 2.75) is 26.8 Å². The Bertz CT molecular complexity index is 533. The number of rotatable bonds is 4. The van der Waals surface area contributed by atoms with Gasteiger partial charge >= 0.3 is 0 Å². The third kappa shape index (κ3) is 2.62. The van der Waals surface area contributed by atoms with Crippen molar-refractivity contribution in [3.8, 4) is 0 Å². The van der Waals surface area contributed by atoms with Gasteiger partial charge in [0.15, 0.2) is 0 Å². The fourth-order valence-corrected chi connectivity index (χ4v) is 3.17. The highest BCUT2D eigenvalue weighted by Crippen LogP contribution is 2.31. The van der Waals surface area contributed by atoms with E-state index < -0.39 is 0 Å².